The number of ether oxygens (including phenoxy) is 1. The predicted molar refractivity (Wildman–Crippen MR) is 114 cm³/mol. The minimum absolute atomic E-state index is 0.321. The van der Waals surface area contributed by atoms with E-state index in [1.807, 2.05) is 0 Å². The average molecular weight is 449 g/mol. The van der Waals surface area contributed by atoms with Gasteiger partial charge in [-0.25, -0.2) is 9.97 Å². The van der Waals surface area contributed by atoms with Crippen LogP contribution in [0.4, 0.5) is 18.9 Å². The lowest BCUT2D eigenvalue weighted by molar-refractivity contribution is -0.141. The molecule has 0 spiro atoms. The van der Waals surface area contributed by atoms with Crippen molar-refractivity contribution < 1.29 is 22.7 Å². The summed E-state index contributed by atoms with van der Waals surface area (Å²) in [6.45, 7) is 2.27. The number of carbonyl (C=O) groups is 1. The van der Waals surface area contributed by atoms with Crippen molar-refractivity contribution in [1.29, 1.82) is 0 Å². The number of hydrogen-bond acceptors (Lipinski definition) is 5. The second-order valence-corrected chi connectivity index (χ2v) is 8.95. The lowest BCUT2D eigenvalue weighted by atomic mass is 9.83. The Kier molecular flexibility index (Phi) is 5.88. The number of carbonyl (C=O) groups excluding carboxylic acids is 1. The molecule has 3 aromatic rings. The number of amides is 1. The number of hydrogen-bond donors (Lipinski definition) is 1. The topological polar surface area (TPSA) is 64.1 Å². The Bertz CT molecular complexity index is 1110. The highest BCUT2D eigenvalue weighted by Gasteiger charge is 2.33. The molecule has 2 aromatic heterocycles. The summed E-state index contributed by atoms with van der Waals surface area (Å²) in [6.07, 6.45) is -0.0148. The van der Waals surface area contributed by atoms with Crippen LogP contribution in [0.1, 0.15) is 59.7 Å². The number of halogens is 3. The van der Waals surface area contributed by atoms with Crippen molar-refractivity contribution in [2.24, 2.45) is 5.92 Å². The van der Waals surface area contributed by atoms with E-state index in [1.165, 1.54) is 26.0 Å². The zero-order chi connectivity index (χ0) is 22.2. The van der Waals surface area contributed by atoms with Crippen LogP contribution in [0.2, 0.25) is 0 Å². The zero-order valence-electron chi connectivity index (χ0n) is 17.1. The number of aromatic nitrogens is 2. The van der Waals surface area contributed by atoms with Crippen molar-refractivity contribution in [2.75, 3.05) is 12.4 Å². The molecule has 0 bridgehead atoms. The molecule has 4 rings (SSSR count). The van der Waals surface area contributed by atoms with Crippen molar-refractivity contribution in [3.63, 3.8) is 0 Å². The van der Waals surface area contributed by atoms with Crippen LogP contribution in [0.15, 0.2) is 30.3 Å². The fraction of sp³-hybridized carbons (Fsp3) is 0.409. The minimum atomic E-state index is -4.62. The Morgan fingerprint density at radius 2 is 1.90 bits per heavy atom. The molecule has 0 saturated heterocycles. The fourth-order valence-corrected chi connectivity index (χ4v) is 4.98. The Balaban J connectivity index is 1.60. The van der Waals surface area contributed by atoms with Crippen molar-refractivity contribution in [1.82, 2.24) is 9.97 Å². The number of nitrogens with one attached hydrogen (secondary N) is 1. The van der Waals surface area contributed by atoms with Gasteiger partial charge < -0.3 is 10.1 Å². The second kappa shape index (κ2) is 8.45. The summed E-state index contributed by atoms with van der Waals surface area (Å²) in [5, 5.41) is 3.70. The van der Waals surface area contributed by atoms with Gasteiger partial charge in [-0.1, -0.05) is 25.8 Å². The van der Waals surface area contributed by atoms with E-state index in [1.54, 1.807) is 23.5 Å². The van der Waals surface area contributed by atoms with Crippen LogP contribution in [0, 0.1) is 5.92 Å². The molecule has 1 fully saturated rings. The van der Waals surface area contributed by atoms with Crippen LogP contribution in [-0.2, 0) is 6.18 Å². The molecule has 1 saturated carbocycles. The van der Waals surface area contributed by atoms with E-state index in [4.69, 9.17) is 9.72 Å². The summed E-state index contributed by atoms with van der Waals surface area (Å²) in [6, 6.07) is 6.73. The Morgan fingerprint density at radius 3 is 2.58 bits per heavy atom. The van der Waals surface area contributed by atoms with E-state index >= 15 is 0 Å². The van der Waals surface area contributed by atoms with Crippen molar-refractivity contribution in [2.45, 2.75) is 44.7 Å². The van der Waals surface area contributed by atoms with Gasteiger partial charge in [0, 0.05) is 12.0 Å². The highest BCUT2D eigenvalue weighted by Crippen LogP contribution is 2.41. The summed E-state index contributed by atoms with van der Waals surface area (Å²) in [5.74, 6) is 0.834. The summed E-state index contributed by atoms with van der Waals surface area (Å²) in [7, 11) is 1.47. The van der Waals surface area contributed by atoms with Gasteiger partial charge in [-0.3, -0.25) is 4.79 Å². The normalized spacial score (nSPS) is 19.4. The molecule has 0 unspecified atom stereocenters. The van der Waals surface area contributed by atoms with E-state index in [9.17, 15) is 18.0 Å². The summed E-state index contributed by atoms with van der Waals surface area (Å²) in [5.41, 5.74) is -0.285. The maximum atomic E-state index is 12.9. The van der Waals surface area contributed by atoms with E-state index < -0.39 is 17.8 Å². The number of nitrogens with zero attached hydrogens (tertiary/aromatic N) is 2. The molecule has 1 aliphatic rings. The molecule has 0 atom stereocenters. The van der Waals surface area contributed by atoms with Crippen LogP contribution in [0.5, 0.6) is 5.75 Å². The predicted octanol–water partition coefficient (Wildman–Crippen LogP) is 6.26. The third-order valence-corrected chi connectivity index (χ3v) is 6.79. The van der Waals surface area contributed by atoms with Crippen LogP contribution in [-0.4, -0.2) is 23.0 Å². The average Bonchev–Trinajstić information content (AvgIpc) is 3.16. The molecular formula is C22H22F3N3O2S. The van der Waals surface area contributed by atoms with Gasteiger partial charge >= 0.3 is 6.18 Å². The third kappa shape index (κ3) is 4.66. The summed E-state index contributed by atoms with van der Waals surface area (Å²) < 4.78 is 45.0. The van der Waals surface area contributed by atoms with Crippen molar-refractivity contribution in [3.8, 4) is 5.75 Å². The first kappa shape index (κ1) is 21.5. The van der Waals surface area contributed by atoms with Crippen LogP contribution in [0.3, 0.4) is 0 Å². The van der Waals surface area contributed by atoms with Gasteiger partial charge in [0.25, 0.3) is 5.91 Å². The number of thiazole rings is 1. The first-order valence-corrected chi connectivity index (χ1v) is 10.9. The molecule has 5 nitrogen and oxygen atoms in total. The van der Waals surface area contributed by atoms with E-state index in [0.717, 1.165) is 46.1 Å². The Hall–Kier alpha value is -2.68. The van der Waals surface area contributed by atoms with E-state index in [-0.39, 0.29) is 5.69 Å². The van der Waals surface area contributed by atoms with Gasteiger partial charge in [-0.05, 0) is 37.0 Å². The standard InChI is InChI=1S/C22H22F3N3O2S/c1-12-6-8-13(9-7-12)21-28-16-10-17(30-2)15(11-18(16)31-21)27-20(29)14-4-3-5-19(26-14)22(23,24)25/h3-5,10-13H,6-9H2,1-2H3,(H,27,29)/t12-,13-. The molecule has 2 heterocycles. The highest BCUT2D eigenvalue weighted by molar-refractivity contribution is 7.18. The second-order valence-electron chi connectivity index (χ2n) is 7.89. The molecule has 1 N–H and O–H groups in total. The van der Waals surface area contributed by atoms with Crippen molar-refractivity contribution >= 4 is 33.1 Å². The van der Waals surface area contributed by atoms with Gasteiger partial charge in [0.1, 0.15) is 17.1 Å². The summed E-state index contributed by atoms with van der Waals surface area (Å²) in [4.78, 5) is 20.8. The zero-order valence-corrected chi connectivity index (χ0v) is 17.9. The number of fused-ring (bicyclic) bond motifs is 1. The fourth-order valence-electron chi connectivity index (χ4n) is 3.83. The van der Waals surface area contributed by atoms with Crippen LogP contribution >= 0.6 is 11.3 Å². The highest BCUT2D eigenvalue weighted by atomic mass is 32.1. The minimum Gasteiger partial charge on any atom is -0.494 e. The van der Waals surface area contributed by atoms with Crippen LogP contribution < -0.4 is 10.1 Å². The quantitative estimate of drug-likeness (QED) is 0.510. The molecule has 0 radical (unpaired) electrons. The van der Waals surface area contributed by atoms with Crippen LogP contribution in [0.25, 0.3) is 10.2 Å². The molecule has 1 amide bonds. The van der Waals surface area contributed by atoms with E-state index in [2.05, 4.69) is 17.2 Å². The molecule has 9 heteroatoms. The Morgan fingerprint density at radius 1 is 1.16 bits per heavy atom. The first-order valence-electron chi connectivity index (χ1n) is 10.1. The number of alkyl halides is 3. The number of rotatable bonds is 4. The third-order valence-electron chi connectivity index (χ3n) is 5.61. The molecule has 164 valence electrons. The number of pyridine rings is 1. The lowest BCUT2D eigenvalue weighted by Crippen LogP contribution is -2.17. The first-order chi connectivity index (χ1) is 14.7. The number of benzene rings is 1. The van der Waals surface area contributed by atoms with Gasteiger partial charge in [0.15, 0.2) is 0 Å². The smallest absolute Gasteiger partial charge is 0.433 e. The molecule has 1 aromatic carbocycles. The SMILES string of the molecule is COc1cc2nc([C@H]3CC[C@H](C)CC3)sc2cc1NC(=O)c1cccc(C(F)(F)F)n1. The maximum Gasteiger partial charge on any atom is 0.433 e. The van der Waals surface area contributed by atoms with Gasteiger partial charge in [-0.15, -0.1) is 11.3 Å². The molecule has 31 heavy (non-hydrogen) atoms. The lowest BCUT2D eigenvalue weighted by Gasteiger charge is -2.24. The number of anilines is 1. The van der Waals surface area contributed by atoms with Gasteiger partial charge in [-0.2, -0.15) is 13.2 Å². The maximum absolute atomic E-state index is 12.9. The Labute approximate surface area is 181 Å². The summed E-state index contributed by atoms with van der Waals surface area (Å²) >= 11 is 1.58. The molecular weight excluding hydrogens is 427 g/mol. The molecule has 0 aliphatic heterocycles. The van der Waals surface area contributed by atoms with Gasteiger partial charge in [0.05, 0.1) is 28.0 Å². The molecule has 1 aliphatic carbocycles. The van der Waals surface area contributed by atoms with E-state index in [0.29, 0.717) is 17.4 Å². The van der Waals surface area contributed by atoms with Gasteiger partial charge in [0.2, 0.25) is 0 Å². The van der Waals surface area contributed by atoms with Crippen molar-refractivity contribution in [3.05, 3.63) is 46.7 Å². The number of methoxy groups -OCH3 is 1. The monoisotopic (exact) mass is 449 g/mol. The largest absolute Gasteiger partial charge is 0.494 e.